The topological polar surface area (TPSA) is 74.8 Å². The van der Waals surface area contributed by atoms with Crippen LogP contribution in [0.1, 0.15) is 6.42 Å². The van der Waals surface area contributed by atoms with E-state index in [0.29, 0.717) is 18.9 Å². The van der Waals surface area contributed by atoms with Crippen molar-refractivity contribution in [2.24, 2.45) is 5.92 Å². The summed E-state index contributed by atoms with van der Waals surface area (Å²) in [4.78, 5) is 12.9. The number of nitrogens with one attached hydrogen (secondary N) is 1. The molecule has 0 saturated carbocycles. The summed E-state index contributed by atoms with van der Waals surface area (Å²) in [5, 5.41) is 13.2. The Morgan fingerprint density at radius 3 is 3.08 bits per heavy atom. The second kappa shape index (κ2) is 2.96. The van der Waals surface area contributed by atoms with Crippen LogP contribution in [0, 0.1) is 5.92 Å². The van der Waals surface area contributed by atoms with Gasteiger partial charge in [0.2, 0.25) is 5.91 Å². The number of carbonyl (C=O) groups is 1. The van der Waals surface area contributed by atoms with Crippen molar-refractivity contribution in [3.63, 3.8) is 0 Å². The Morgan fingerprint density at radius 2 is 2.54 bits per heavy atom. The van der Waals surface area contributed by atoms with E-state index in [1.54, 1.807) is 6.08 Å². The molecular weight excluding hydrogens is 170 g/mol. The minimum absolute atomic E-state index is 0.0197. The zero-order valence-corrected chi connectivity index (χ0v) is 6.97. The molecule has 68 valence electrons. The van der Waals surface area contributed by atoms with Gasteiger partial charge in [0.05, 0.1) is 0 Å². The lowest BCUT2D eigenvalue weighted by Crippen LogP contribution is -2.25. The summed E-state index contributed by atoms with van der Waals surface area (Å²) in [6, 6.07) is 0. The molecule has 0 bridgehead atoms. The molecular formula is C7H9N5O. The number of tetrazole rings is 1. The van der Waals surface area contributed by atoms with Crippen LogP contribution in [-0.4, -0.2) is 33.1 Å². The molecule has 1 amide bonds. The number of rotatable bonds is 2. The molecule has 6 nitrogen and oxygen atoms in total. The SMILES string of the molecule is C=CC1CC(=O)N(c2nn[nH]n2)C1. The predicted octanol–water partition coefficient (Wildman–Crippen LogP) is -0.261. The highest BCUT2D eigenvalue weighted by Gasteiger charge is 2.30. The summed E-state index contributed by atoms with van der Waals surface area (Å²) >= 11 is 0. The largest absolute Gasteiger partial charge is 0.277 e. The summed E-state index contributed by atoms with van der Waals surface area (Å²) in [6.45, 7) is 4.25. The van der Waals surface area contributed by atoms with E-state index >= 15 is 0 Å². The van der Waals surface area contributed by atoms with Crippen molar-refractivity contribution < 1.29 is 4.79 Å². The lowest BCUT2D eigenvalue weighted by atomic mass is 10.1. The first kappa shape index (κ1) is 7.90. The van der Waals surface area contributed by atoms with Crippen molar-refractivity contribution in [2.75, 3.05) is 11.4 Å². The van der Waals surface area contributed by atoms with Gasteiger partial charge in [-0.25, -0.2) is 0 Å². The predicted molar refractivity (Wildman–Crippen MR) is 44.8 cm³/mol. The highest BCUT2D eigenvalue weighted by atomic mass is 16.2. The molecule has 1 aliphatic heterocycles. The van der Waals surface area contributed by atoms with E-state index in [-0.39, 0.29) is 11.8 Å². The van der Waals surface area contributed by atoms with Crippen LogP contribution in [0.15, 0.2) is 12.7 Å². The van der Waals surface area contributed by atoms with Gasteiger partial charge in [0.25, 0.3) is 5.95 Å². The van der Waals surface area contributed by atoms with Crippen molar-refractivity contribution in [3.05, 3.63) is 12.7 Å². The van der Waals surface area contributed by atoms with Crippen LogP contribution in [-0.2, 0) is 4.79 Å². The minimum Gasteiger partial charge on any atom is -0.277 e. The first-order chi connectivity index (χ1) is 6.31. The number of anilines is 1. The fraction of sp³-hybridized carbons (Fsp3) is 0.429. The van der Waals surface area contributed by atoms with Crippen LogP contribution in [0.25, 0.3) is 0 Å². The molecule has 1 unspecified atom stereocenters. The van der Waals surface area contributed by atoms with Crippen molar-refractivity contribution in [3.8, 4) is 0 Å². The smallest absolute Gasteiger partial charge is 0.272 e. The summed E-state index contributed by atoms with van der Waals surface area (Å²) in [7, 11) is 0. The molecule has 1 aromatic heterocycles. The van der Waals surface area contributed by atoms with Gasteiger partial charge in [0, 0.05) is 18.9 Å². The molecule has 6 heteroatoms. The van der Waals surface area contributed by atoms with Crippen molar-refractivity contribution in [1.29, 1.82) is 0 Å². The number of nitrogens with zero attached hydrogens (tertiary/aromatic N) is 4. The maximum atomic E-state index is 11.4. The van der Waals surface area contributed by atoms with Gasteiger partial charge in [-0.3, -0.25) is 9.69 Å². The van der Waals surface area contributed by atoms with Gasteiger partial charge >= 0.3 is 0 Å². The van der Waals surface area contributed by atoms with Crippen LogP contribution in [0.5, 0.6) is 0 Å². The Balaban J connectivity index is 2.18. The third kappa shape index (κ3) is 1.30. The van der Waals surface area contributed by atoms with Crippen LogP contribution < -0.4 is 4.90 Å². The summed E-state index contributed by atoms with van der Waals surface area (Å²) in [5.41, 5.74) is 0. The third-order valence-electron chi connectivity index (χ3n) is 2.06. The molecule has 1 aliphatic rings. The molecule has 0 spiro atoms. The van der Waals surface area contributed by atoms with E-state index in [0.717, 1.165) is 0 Å². The average Bonchev–Trinajstić information content (AvgIpc) is 2.72. The molecule has 2 rings (SSSR count). The van der Waals surface area contributed by atoms with E-state index in [1.165, 1.54) is 4.90 Å². The van der Waals surface area contributed by atoms with Gasteiger partial charge in [0.15, 0.2) is 0 Å². The maximum absolute atomic E-state index is 11.4. The molecule has 0 aliphatic carbocycles. The number of aromatic amines is 1. The van der Waals surface area contributed by atoms with Crippen LogP contribution in [0.3, 0.4) is 0 Å². The van der Waals surface area contributed by atoms with Gasteiger partial charge in [0.1, 0.15) is 0 Å². The molecule has 1 aromatic rings. The normalized spacial score (nSPS) is 22.3. The molecule has 0 radical (unpaired) electrons. The molecule has 2 heterocycles. The molecule has 1 atom stereocenters. The van der Waals surface area contributed by atoms with Crippen LogP contribution in [0.2, 0.25) is 0 Å². The standard InChI is InChI=1S/C7H9N5O/c1-2-5-3-6(13)12(4-5)7-8-10-11-9-7/h2,5H,1,3-4H2,(H,8,9,10,11). The summed E-state index contributed by atoms with van der Waals surface area (Å²) < 4.78 is 0. The fourth-order valence-corrected chi connectivity index (χ4v) is 1.36. The Kier molecular flexibility index (Phi) is 1.80. The number of carbonyl (C=O) groups excluding carboxylic acids is 1. The summed E-state index contributed by atoms with van der Waals surface area (Å²) in [6.07, 6.45) is 2.26. The molecule has 0 aromatic carbocycles. The van der Waals surface area contributed by atoms with E-state index in [2.05, 4.69) is 27.2 Å². The number of aromatic nitrogens is 4. The lowest BCUT2D eigenvalue weighted by Gasteiger charge is -2.08. The summed E-state index contributed by atoms with van der Waals surface area (Å²) in [5.74, 6) is 0.562. The van der Waals surface area contributed by atoms with Crippen molar-refractivity contribution in [2.45, 2.75) is 6.42 Å². The van der Waals surface area contributed by atoms with E-state index in [9.17, 15) is 4.79 Å². The third-order valence-corrected chi connectivity index (χ3v) is 2.06. The van der Waals surface area contributed by atoms with Gasteiger partial charge in [-0.2, -0.15) is 5.21 Å². The van der Waals surface area contributed by atoms with Gasteiger partial charge in [-0.05, 0) is 5.21 Å². The van der Waals surface area contributed by atoms with E-state index in [1.807, 2.05) is 0 Å². The quantitative estimate of drug-likeness (QED) is 0.634. The second-order valence-electron chi connectivity index (χ2n) is 2.92. The fourth-order valence-electron chi connectivity index (χ4n) is 1.36. The van der Waals surface area contributed by atoms with Crippen LogP contribution in [0.4, 0.5) is 5.95 Å². The Morgan fingerprint density at radius 1 is 1.69 bits per heavy atom. The number of hydrogen-bond acceptors (Lipinski definition) is 4. The number of H-pyrrole nitrogens is 1. The monoisotopic (exact) mass is 179 g/mol. The first-order valence-corrected chi connectivity index (χ1v) is 3.97. The lowest BCUT2D eigenvalue weighted by molar-refractivity contribution is -0.117. The van der Waals surface area contributed by atoms with E-state index in [4.69, 9.17) is 0 Å². The number of amides is 1. The molecule has 1 N–H and O–H groups in total. The average molecular weight is 179 g/mol. The van der Waals surface area contributed by atoms with Gasteiger partial charge < -0.3 is 0 Å². The zero-order chi connectivity index (χ0) is 9.26. The molecule has 1 fully saturated rings. The molecule has 1 saturated heterocycles. The van der Waals surface area contributed by atoms with Crippen LogP contribution >= 0.6 is 0 Å². The van der Waals surface area contributed by atoms with Gasteiger partial charge in [-0.15, -0.1) is 11.7 Å². The first-order valence-electron chi connectivity index (χ1n) is 3.97. The minimum atomic E-state index is 0.0197. The Hall–Kier alpha value is -1.72. The van der Waals surface area contributed by atoms with Crippen molar-refractivity contribution >= 4 is 11.9 Å². The Labute approximate surface area is 74.6 Å². The maximum Gasteiger partial charge on any atom is 0.272 e. The highest BCUT2D eigenvalue weighted by molar-refractivity contribution is 5.94. The number of hydrogen-bond donors (Lipinski definition) is 1. The molecule has 13 heavy (non-hydrogen) atoms. The Bertz CT molecular complexity index is 320. The highest BCUT2D eigenvalue weighted by Crippen LogP contribution is 2.21. The van der Waals surface area contributed by atoms with E-state index < -0.39 is 0 Å². The van der Waals surface area contributed by atoms with Gasteiger partial charge in [-0.1, -0.05) is 11.2 Å². The second-order valence-corrected chi connectivity index (χ2v) is 2.92. The van der Waals surface area contributed by atoms with Crippen molar-refractivity contribution in [1.82, 2.24) is 20.6 Å². The zero-order valence-electron chi connectivity index (χ0n) is 6.97.